The van der Waals surface area contributed by atoms with Crippen molar-refractivity contribution in [3.63, 3.8) is 0 Å². The van der Waals surface area contributed by atoms with Crippen LogP contribution in [0, 0.1) is 0 Å². The molecule has 11 heavy (non-hydrogen) atoms. The van der Waals surface area contributed by atoms with Crippen molar-refractivity contribution < 1.29 is 10.2 Å². The molecule has 0 unspecified atom stereocenters. The predicted molar refractivity (Wildman–Crippen MR) is 42.3 cm³/mol. The molecule has 1 aromatic heterocycles. The van der Waals surface area contributed by atoms with E-state index in [9.17, 15) is 0 Å². The van der Waals surface area contributed by atoms with Gasteiger partial charge in [-0.25, -0.2) is 0 Å². The number of aliphatic hydroxyl groups is 2. The van der Waals surface area contributed by atoms with Crippen LogP contribution in [-0.4, -0.2) is 28.0 Å². The molecule has 1 atom stereocenters. The highest BCUT2D eigenvalue weighted by molar-refractivity contribution is 4.92. The zero-order valence-electron chi connectivity index (χ0n) is 6.35. The minimum Gasteiger partial charge on any atom is -0.396 e. The van der Waals surface area contributed by atoms with Crippen LogP contribution in [0.25, 0.3) is 0 Å². The maximum Gasteiger partial charge on any atom is 0.0639 e. The Morgan fingerprint density at radius 2 is 1.82 bits per heavy atom. The molecule has 0 radical (unpaired) electrons. The van der Waals surface area contributed by atoms with E-state index in [0.717, 1.165) is 0 Å². The van der Waals surface area contributed by atoms with Gasteiger partial charge in [-0.15, -0.1) is 0 Å². The zero-order valence-corrected chi connectivity index (χ0v) is 6.35. The van der Waals surface area contributed by atoms with Crippen molar-refractivity contribution in [1.82, 2.24) is 4.57 Å². The van der Waals surface area contributed by atoms with E-state index >= 15 is 0 Å². The molecule has 3 nitrogen and oxygen atoms in total. The molecule has 0 aliphatic rings. The molecule has 0 amide bonds. The Hall–Kier alpha value is -0.800. The molecular formula is C8H13NO2. The second kappa shape index (κ2) is 4.16. The lowest BCUT2D eigenvalue weighted by Crippen LogP contribution is -2.12. The number of rotatable bonds is 4. The van der Waals surface area contributed by atoms with Crippen molar-refractivity contribution in [2.75, 3.05) is 13.2 Å². The van der Waals surface area contributed by atoms with Gasteiger partial charge in [0.15, 0.2) is 0 Å². The number of hydrogen-bond donors (Lipinski definition) is 2. The molecule has 62 valence electrons. The van der Waals surface area contributed by atoms with Crippen LogP contribution in [0.5, 0.6) is 0 Å². The molecule has 2 N–H and O–H groups in total. The SMILES string of the molecule is OCC[C@@H](CO)n1cccc1. The minimum absolute atomic E-state index is 0.0231. The summed E-state index contributed by atoms with van der Waals surface area (Å²) in [5.41, 5.74) is 0. The molecule has 0 bridgehead atoms. The highest BCUT2D eigenvalue weighted by atomic mass is 16.3. The van der Waals surface area contributed by atoms with E-state index in [-0.39, 0.29) is 19.3 Å². The second-order valence-electron chi connectivity index (χ2n) is 2.48. The third-order valence-corrected chi connectivity index (χ3v) is 1.72. The Morgan fingerprint density at radius 3 is 2.27 bits per heavy atom. The highest BCUT2D eigenvalue weighted by Crippen LogP contribution is 2.09. The molecule has 0 spiro atoms. The van der Waals surface area contributed by atoms with E-state index in [4.69, 9.17) is 10.2 Å². The third kappa shape index (κ3) is 2.06. The van der Waals surface area contributed by atoms with Gasteiger partial charge in [-0.1, -0.05) is 0 Å². The van der Waals surface area contributed by atoms with Crippen LogP contribution in [0.15, 0.2) is 24.5 Å². The molecule has 0 fully saturated rings. The van der Waals surface area contributed by atoms with Crippen LogP contribution in [0.3, 0.4) is 0 Å². The number of aliphatic hydroxyl groups excluding tert-OH is 2. The summed E-state index contributed by atoms with van der Waals surface area (Å²) in [6, 6.07) is 3.83. The average molecular weight is 155 g/mol. The van der Waals surface area contributed by atoms with Gasteiger partial charge in [0.05, 0.1) is 12.6 Å². The van der Waals surface area contributed by atoms with Crippen LogP contribution in [-0.2, 0) is 0 Å². The molecule has 0 aliphatic carbocycles. The molecule has 1 heterocycles. The number of hydrogen-bond acceptors (Lipinski definition) is 2. The zero-order chi connectivity index (χ0) is 8.10. The van der Waals surface area contributed by atoms with Gasteiger partial charge in [0, 0.05) is 19.0 Å². The van der Waals surface area contributed by atoms with E-state index in [1.165, 1.54) is 0 Å². The maximum absolute atomic E-state index is 8.90. The summed E-state index contributed by atoms with van der Waals surface area (Å²) in [7, 11) is 0. The Kier molecular flexibility index (Phi) is 3.14. The minimum atomic E-state index is 0.0231. The van der Waals surface area contributed by atoms with Gasteiger partial charge in [-0.05, 0) is 18.6 Å². The summed E-state index contributed by atoms with van der Waals surface area (Å²) in [6.07, 6.45) is 4.37. The van der Waals surface area contributed by atoms with Gasteiger partial charge >= 0.3 is 0 Å². The van der Waals surface area contributed by atoms with Crippen molar-refractivity contribution in [2.45, 2.75) is 12.5 Å². The molecule has 0 saturated carbocycles. The summed E-state index contributed by atoms with van der Waals surface area (Å²) in [5, 5.41) is 17.5. The van der Waals surface area contributed by atoms with Crippen molar-refractivity contribution in [2.24, 2.45) is 0 Å². The van der Waals surface area contributed by atoms with Crippen molar-refractivity contribution >= 4 is 0 Å². The van der Waals surface area contributed by atoms with Crippen LogP contribution in [0.4, 0.5) is 0 Å². The quantitative estimate of drug-likeness (QED) is 0.661. The first-order valence-corrected chi connectivity index (χ1v) is 3.72. The normalized spacial score (nSPS) is 13.3. The van der Waals surface area contributed by atoms with Gasteiger partial charge in [-0.3, -0.25) is 0 Å². The van der Waals surface area contributed by atoms with Crippen LogP contribution in [0.2, 0.25) is 0 Å². The van der Waals surface area contributed by atoms with E-state index in [0.29, 0.717) is 6.42 Å². The van der Waals surface area contributed by atoms with Crippen LogP contribution in [0.1, 0.15) is 12.5 Å². The summed E-state index contributed by atoms with van der Waals surface area (Å²) in [4.78, 5) is 0. The van der Waals surface area contributed by atoms with Crippen LogP contribution >= 0.6 is 0 Å². The number of nitrogens with zero attached hydrogens (tertiary/aromatic N) is 1. The lowest BCUT2D eigenvalue weighted by Gasteiger charge is -2.14. The van der Waals surface area contributed by atoms with Gasteiger partial charge in [0.2, 0.25) is 0 Å². The molecule has 0 aliphatic heterocycles. The predicted octanol–water partition coefficient (Wildman–Crippen LogP) is 0.404. The molecule has 3 heteroatoms. The fraction of sp³-hybridized carbons (Fsp3) is 0.500. The molecule has 1 rings (SSSR count). The second-order valence-corrected chi connectivity index (χ2v) is 2.48. The van der Waals surface area contributed by atoms with Gasteiger partial charge in [0.25, 0.3) is 0 Å². The first-order valence-electron chi connectivity index (χ1n) is 3.72. The Bertz CT molecular complexity index is 184. The summed E-state index contributed by atoms with van der Waals surface area (Å²) < 4.78 is 1.90. The van der Waals surface area contributed by atoms with Crippen molar-refractivity contribution in [3.05, 3.63) is 24.5 Å². The van der Waals surface area contributed by atoms with E-state index in [1.807, 2.05) is 29.1 Å². The molecular weight excluding hydrogens is 142 g/mol. The molecule has 0 saturated heterocycles. The Balaban J connectivity index is 2.56. The largest absolute Gasteiger partial charge is 0.396 e. The summed E-state index contributed by atoms with van der Waals surface area (Å²) >= 11 is 0. The molecule has 0 aromatic carbocycles. The van der Waals surface area contributed by atoms with E-state index < -0.39 is 0 Å². The fourth-order valence-corrected chi connectivity index (χ4v) is 1.07. The third-order valence-electron chi connectivity index (χ3n) is 1.72. The summed E-state index contributed by atoms with van der Waals surface area (Å²) in [5.74, 6) is 0. The highest BCUT2D eigenvalue weighted by Gasteiger charge is 2.05. The first-order chi connectivity index (χ1) is 5.38. The van der Waals surface area contributed by atoms with Gasteiger partial charge in [-0.2, -0.15) is 0 Å². The first kappa shape index (κ1) is 8.30. The Morgan fingerprint density at radius 1 is 1.18 bits per heavy atom. The topological polar surface area (TPSA) is 45.4 Å². The van der Waals surface area contributed by atoms with Crippen molar-refractivity contribution in [1.29, 1.82) is 0 Å². The average Bonchev–Trinajstić information content (AvgIpc) is 2.52. The van der Waals surface area contributed by atoms with E-state index in [1.54, 1.807) is 0 Å². The molecule has 1 aromatic rings. The monoisotopic (exact) mass is 155 g/mol. The fourth-order valence-electron chi connectivity index (χ4n) is 1.07. The lowest BCUT2D eigenvalue weighted by atomic mass is 10.2. The van der Waals surface area contributed by atoms with Crippen molar-refractivity contribution in [3.8, 4) is 0 Å². The van der Waals surface area contributed by atoms with Gasteiger partial charge < -0.3 is 14.8 Å². The van der Waals surface area contributed by atoms with Gasteiger partial charge in [0.1, 0.15) is 0 Å². The standard InChI is InChI=1S/C8H13NO2/c10-6-3-8(7-11)9-4-1-2-5-9/h1-2,4-5,8,10-11H,3,6-7H2/t8-/m0/s1. The summed E-state index contributed by atoms with van der Waals surface area (Å²) in [6.45, 7) is 0.193. The Labute approximate surface area is 65.9 Å². The van der Waals surface area contributed by atoms with Crippen LogP contribution < -0.4 is 0 Å². The maximum atomic E-state index is 8.90. The lowest BCUT2D eigenvalue weighted by molar-refractivity contribution is 0.186. The smallest absolute Gasteiger partial charge is 0.0639 e. The number of aromatic nitrogens is 1. The van der Waals surface area contributed by atoms with E-state index in [2.05, 4.69) is 0 Å².